The maximum absolute atomic E-state index is 5.73. The lowest BCUT2D eigenvalue weighted by Crippen LogP contribution is -2.02. The van der Waals surface area contributed by atoms with Crippen LogP contribution in [0.25, 0.3) is 0 Å². The predicted octanol–water partition coefficient (Wildman–Crippen LogP) is 1.96. The highest BCUT2D eigenvalue weighted by Gasteiger charge is 1.97. The molecule has 0 aliphatic heterocycles. The van der Waals surface area contributed by atoms with E-state index < -0.39 is 0 Å². The van der Waals surface area contributed by atoms with Gasteiger partial charge in [0.1, 0.15) is 0 Å². The van der Waals surface area contributed by atoms with Crippen molar-refractivity contribution in [1.29, 1.82) is 0 Å². The third-order valence-corrected chi connectivity index (χ3v) is 2.03. The molecule has 0 saturated carbocycles. The van der Waals surface area contributed by atoms with Gasteiger partial charge in [0.25, 0.3) is 0 Å². The Balaban J connectivity index is 4.55. The monoisotopic (exact) mass is 184 g/mol. The molecule has 68 valence electrons. The van der Waals surface area contributed by atoms with E-state index in [-0.39, 0.29) is 0 Å². The molecule has 0 aromatic carbocycles. The highest BCUT2D eigenvalue weighted by molar-refractivity contribution is 8.02. The summed E-state index contributed by atoms with van der Waals surface area (Å²) in [6.45, 7) is 7.71. The number of nitrogens with two attached hydrogens (primary N) is 2. The molecule has 12 heavy (non-hydrogen) atoms. The zero-order chi connectivity index (χ0) is 9.72. The molecule has 0 heterocycles. The second-order valence-electron chi connectivity index (χ2n) is 2.69. The quantitative estimate of drug-likeness (QED) is 0.659. The molecular weight excluding hydrogens is 168 g/mol. The third-order valence-electron chi connectivity index (χ3n) is 1.44. The van der Waals surface area contributed by atoms with Gasteiger partial charge in [0.05, 0.1) is 5.03 Å². The van der Waals surface area contributed by atoms with E-state index in [4.69, 9.17) is 11.5 Å². The second-order valence-corrected chi connectivity index (χ2v) is 3.57. The van der Waals surface area contributed by atoms with E-state index in [1.54, 1.807) is 6.08 Å². The fourth-order valence-electron chi connectivity index (χ4n) is 0.630. The van der Waals surface area contributed by atoms with E-state index in [9.17, 15) is 0 Å². The van der Waals surface area contributed by atoms with Crippen molar-refractivity contribution in [3.05, 3.63) is 34.5 Å². The fraction of sp³-hybridized carbons (Fsp3) is 0.333. The summed E-state index contributed by atoms with van der Waals surface area (Å²) >= 11 is 1.48. The molecule has 0 fully saturated rings. The smallest absolute Gasteiger partial charge is 0.0659 e. The minimum atomic E-state index is 0.715. The summed E-state index contributed by atoms with van der Waals surface area (Å²) in [6.07, 6.45) is 3.70. The van der Waals surface area contributed by atoms with Gasteiger partial charge in [0.2, 0.25) is 0 Å². The minimum absolute atomic E-state index is 0.715. The Bertz CT molecular complexity index is 235. The first-order chi connectivity index (χ1) is 5.49. The summed E-state index contributed by atoms with van der Waals surface area (Å²) < 4.78 is 0. The number of allylic oxidation sites excluding steroid dienone is 2. The zero-order valence-electron chi connectivity index (χ0n) is 7.85. The Morgan fingerprint density at radius 1 is 1.33 bits per heavy atom. The van der Waals surface area contributed by atoms with E-state index in [1.165, 1.54) is 11.8 Å². The molecule has 0 unspecified atom stereocenters. The number of thioether (sulfide) groups is 1. The van der Waals surface area contributed by atoms with Crippen molar-refractivity contribution < 1.29 is 0 Å². The van der Waals surface area contributed by atoms with Crippen molar-refractivity contribution in [1.82, 2.24) is 0 Å². The Hall–Kier alpha value is -0.830. The van der Waals surface area contributed by atoms with Crippen LogP contribution >= 0.6 is 11.8 Å². The Morgan fingerprint density at radius 2 is 1.83 bits per heavy atom. The lowest BCUT2D eigenvalue weighted by atomic mass is 10.1. The average molecular weight is 184 g/mol. The van der Waals surface area contributed by atoms with Crippen molar-refractivity contribution in [3.63, 3.8) is 0 Å². The topological polar surface area (TPSA) is 52.0 Å². The minimum Gasteiger partial charge on any atom is -0.398 e. The Labute approximate surface area is 78.4 Å². The summed E-state index contributed by atoms with van der Waals surface area (Å²) in [5.74, 6) is 0. The molecule has 0 amide bonds. The van der Waals surface area contributed by atoms with E-state index >= 15 is 0 Å². The fourth-order valence-corrected chi connectivity index (χ4v) is 0.890. The normalized spacial score (nSPS) is 11.1. The Morgan fingerprint density at radius 3 is 2.17 bits per heavy atom. The average Bonchev–Trinajstić information content (AvgIpc) is 2.02. The summed E-state index contributed by atoms with van der Waals surface area (Å²) in [5, 5.41) is 0.726. The van der Waals surface area contributed by atoms with Crippen LogP contribution in [0, 0.1) is 0 Å². The summed E-state index contributed by atoms with van der Waals surface area (Å²) in [5.41, 5.74) is 13.9. The van der Waals surface area contributed by atoms with Crippen molar-refractivity contribution in [2.45, 2.75) is 13.8 Å². The van der Waals surface area contributed by atoms with Gasteiger partial charge in [-0.1, -0.05) is 12.2 Å². The van der Waals surface area contributed by atoms with Gasteiger partial charge < -0.3 is 11.5 Å². The van der Waals surface area contributed by atoms with E-state index in [0.29, 0.717) is 5.70 Å². The highest BCUT2D eigenvalue weighted by atomic mass is 32.2. The third kappa shape index (κ3) is 3.53. The first-order valence-electron chi connectivity index (χ1n) is 3.62. The van der Waals surface area contributed by atoms with Gasteiger partial charge in [-0.05, 0) is 31.8 Å². The van der Waals surface area contributed by atoms with E-state index in [2.05, 4.69) is 6.58 Å². The van der Waals surface area contributed by atoms with Crippen LogP contribution in [-0.2, 0) is 0 Å². The van der Waals surface area contributed by atoms with Gasteiger partial charge in [-0.15, -0.1) is 11.8 Å². The molecular formula is C9H16N2S. The molecule has 2 nitrogen and oxygen atoms in total. The number of rotatable bonds is 3. The summed E-state index contributed by atoms with van der Waals surface area (Å²) in [7, 11) is 0. The SMILES string of the molecule is C=C(/C=C(/N)SC)C(N)=C(C)C. The largest absolute Gasteiger partial charge is 0.398 e. The maximum Gasteiger partial charge on any atom is 0.0659 e. The van der Waals surface area contributed by atoms with Gasteiger partial charge in [-0.2, -0.15) is 0 Å². The number of hydrogen-bond acceptors (Lipinski definition) is 3. The van der Waals surface area contributed by atoms with Gasteiger partial charge in [0.15, 0.2) is 0 Å². The lowest BCUT2D eigenvalue weighted by Gasteiger charge is -2.04. The molecule has 0 atom stereocenters. The first kappa shape index (κ1) is 11.2. The first-order valence-corrected chi connectivity index (χ1v) is 4.85. The van der Waals surface area contributed by atoms with Gasteiger partial charge in [0, 0.05) is 5.70 Å². The maximum atomic E-state index is 5.73. The highest BCUT2D eigenvalue weighted by Crippen LogP contribution is 2.12. The van der Waals surface area contributed by atoms with Crippen LogP contribution in [0.1, 0.15) is 13.8 Å². The van der Waals surface area contributed by atoms with Gasteiger partial charge in [-0.25, -0.2) is 0 Å². The number of hydrogen-bond donors (Lipinski definition) is 2. The molecule has 0 saturated heterocycles. The predicted molar refractivity (Wildman–Crippen MR) is 57.5 cm³/mol. The molecule has 0 rings (SSSR count). The van der Waals surface area contributed by atoms with E-state index in [1.807, 2.05) is 20.1 Å². The van der Waals surface area contributed by atoms with Crippen LogP contribution in [0.3, 0.4) is 0 Å². The van der Waals surface area contributed by atoms with Crippen molar-refractivity contribution in [2.24, 2.45) is 11.5 Å². The standard InChI is InChI=1S/C9H16N2S/c1-6(2)9(11)7(3)5-8(10)12-4/h5H,3,10-11H2,1-2,4H3/b8-5-. The zero-order valence-corrected chi connectivity index (χ0v) is 8.66. The van der Waals surface area contributed by atoms with Crippen LogP contribution in [0.15, 0.2) is 34.5 Å². The Kier molecular flexibility index (Phi) is 4.59. The van der Waals surface area contributed by atoms with Crippen LogP contribution in [0.5, 0.6) is 0 Å². The summed E-state index contributed by atoms with van der Waals surface area (Å²) in [4.78, 5) is 0. The molecule has 3 heteroatoms. The van der Waals surface area contributed by atoms with Crippen LogP contribution in [-0.4, -0.2) is 6.26 Å². The molecule has 0 aromatic rings. The van der Waals surface area contributed by atoms with Gasteiger partial charge >= 0.3 is 0 Å². The van der Waals surface area contributed by atoms with Crippen LogP contribution in [0.2, 0.25) is 0 Å². The molecule has 0 bridgehead atoms. The van der Waals surface area contributed by atoms with Crippen LogP contribution < -0.4 is 11.5 Å². The molecule has 0 aliphatic carbocycles. The molecule has 0 aromatic heterocycles. The van der Waals surface area contributed by atoms with Crippen molar-refractivity contribution >= 4 is 11.8 Å². The summed E-state index contributed by atoms with van der Waals surface area (Å²) in [6, 6.07) is 0. The molecule has 4 N–H and O–H groups in total. The molecule has 0 radical (unpaired) electrons. The van der Waals surface area contributed by atoms with Crippen LogP contribution in [0.4, 0.5) is 0 Å². The molecule has 0 spiro atoms. The second kappa shape index (κ2) is 4.93. The van der Waals surface area contributed by atoms with Crippen molar-refractivity contribution in [3.8, 4) is 0 Å². The van der Waals surface area contributed by atoms with Crippen molar-refractivity contribution in [2.75, 3.05) is 6.26 Å². The molecule has 0 aliphatic rings. The van der Waals surface area contributed by atoms with Gasteiger partial charge in [-0.3, -0.25) is 0 Å². The lowest BCUT2D eigenvalue weighted by molar-refractivity contribution is 1.22. The van der Waals surface area contributed by atoms with E-state index in [0.717, 1.165) is 16.2 Å².